The predicted octanol–water partition coefficient (Wildman–Crippen LogP) is 4.79. The molecule has 3 aromatic rings. The summed E-state index contributed by atoms with van der Waals surface area (Å²) < 4.78 is 38.5. The molecule has 0 saturated heterocycles. The van der Waals surface area contributed by atoms with Crippen molar-refractivity contribution in [2.75, 3.05) is 23.8 Å². The molecule has 2 N–H and O–H groups in total. The summed E-state index contributed by atoms with van der Waals surface area (Å²) in [6, 6.07) is 14.1. The van der Waals surface area contributed by atoms with E-state index in [0.717, 1.165) is 25.7 Å². The summed E-state index contributed by atoms with van der Waals surface area (Å²) in [7, 11) is -2.39. The Morgan fingerprint density at radius 3 is 2.45 bits per heavy atom. The van der Waals surface area contributed by atoms with Gasteiger partial charge >= 0.3 is 0 Å². The van der Waals surface area contributed by atoms with Crippen LogP contribution < -0.4 is 19.5 Å². The number of carbonyl (C=O) groups excluding carboxylic acids is 1. The van der Waals surface area contributed by atoms with Crippen molar-refractivity contribution in [1.82, 2.24) is 9.97 Å². The molecule has 0 atom stereocenters. The van der Waals surface area contributed by atoms with Gasteiger partial charge in [0.25, 0.3) is 15.9 Å². The molecule has 0 fully saturated rings. The summed E-state index contributed by atoms with van der Waals surface area (Å²) in [6.07, 6.45) is 8.61. The van der Waals surface area contributed by atoms with E-state index in [-0.39, 0.29) is 16.4 Å². The number of nitrogens with zero attached hydrogens (tertiary/aromatic N) is 3. The topological polar surface area (TPSA) is 143 Å². The molecule has 0 aliphatic heterocycles. The second-order valence-corrected chi connectivity index (χ2v) is 9.83. The number of anilines is 2. The molecule has 0 unspecified atom stereocenters. The van der Waals surface area contributed by atoms with E-state index in [1.54, 1.807) is 24.3 Å². The molecule has 10 nitrogen and oxygen atoms in total. The van der Waals surface area contributed by atoms with Crippen molar-refractivity contribution in [3.8, 4) is 17.6 Å². The van der Waals surface area contributed by atoms with Crippen LogP contribution in [0.4, 0.5) is 11.6 Å². The van der Waals surface area contributed by atoms with Crippen LogP contribution in [0.1, 0.15) is 38.2 Å². The van der Waals surface area contributed by atoms with Gasteiger partial charge in [0.05, 0.1) is 18.6 Å². The Morgan fingerprint density at radius 2 is 1.79 bits per heavy atom. The van der Waals surface area contributed by atoms with Gasteiger partial charge in [-0.25, -0.2) is 23.1 Å². The number of unbranched alkanes of at least 4 members (excludes halogenated alkanes) is 3. The first kappa shape index (κ1) is 28.1. The fraction of sp³-hybridized carbons (Fsp3) is 0.259. The van der Waals surface area contributed by atoms with Crippen molar-refractivity contribution in [3.05, 3.63) is 72.1 Å². The molecular weight excluding hydrogens is 506 g/mol. The van der Waals surface area contributed by atoms with Gasteiger partial charge in [0.2, 0.25) is 5.95 Å². The van der Waals surface area contributed by atoms with E-state index in [1.165, 1.54) is 49.8 Å². The monoisotopic (exact) mass is 535 g/mol. The molecular formula is C27H29N5O5S. The lowest BCUT2D eigenvalue weighted by molar-refractivity contribution is -0.112. The van der Waals surface area contributed by atoms with Crippen LogP contribution in [0.25, 0.3) is 6.08 Å². The highest BCUT2D eigenvalue weighted by Gasteiger charge is 2.16. The zero-order valence-corrected chi connectivity index (χ0v) is 22.0. The molecule has 38 heavy (non-hydrogen) atoms. The van der Waals surface area contributed by atoms with E-state index in [1.807, 2.05) is 6.07 Å². The lowest BCUT2D eigenvalue weighted by Crippen LogP contribution is -2.16. The molecule has 198 valence electrons. The number of nitriles is 1. The van der Waals surface area contributed by atoms with Gasteiger partial charge in [0.1, 0.15) is 11.6 Å². The molecule has 0 spiro atoms. The van der Waals surface area contributed by atoms with Gasteiger partial charge in [0, 0.05) is 18.1 Å². The Labute approximate surface area is 222 Å². The average Bonchev–Trinajstić information content (AvgIpc) is 2.92. The molecule has 0 saturated carbocycles. The van der Waals surface area contributed by atoms with Gasteiger partial charge in [-0.05, 0) is 60.5 Å². The van der Waals surface area contributed by atoms with Crippen LogP contribution in [-0.4, -0.2) is 38.0 Å². The molecule has 0 aliphatic rings. The SMILES string of the molecule is CCCCCCOc1ccc(/C=C(\C#N)C(=O)Nc2ccc(S(=O)(=O)Nc3ncccn3)cc2)cc1OC. The van der Waals surface area contributed by atoms with Crippen LogP contribution in [0.3, 0.4) is 0 Å². The summed E-state index contributed by atoms with van der Waals surface area (Å²) in [5.74, 6) is 0.386. The maximum atomic E-state index is 12.7. The zero-order valence-electron chi connectivity index (χ0n) is 21.2. The van der Waals surface area contributed by atoms with Crippen molar-refractivity contribution in [2.24, 2.45) is 0 Å². The van der Waals surface area contributed by atoms with E-state index in [9.17, 15) is 18.5 Å². The molecule has 1 aromatic heterocycles. The second-order valence-electron chi connectivity index (χ2n) is 8.15. The summed E-state index contributed by atoms with van der Waals surface area (Å²) in [4.78, 5) is 20.3. The van der Waals surface area contributed by atoms with Gasteiger partial charge in [-0.2, -0.15) is 5.26 Å². The fourth-order valence-electron chi connectivity index (χ4n) is 3.37. The standard InChI is InChI=1S/C27H29N5O5S/c1-3-4-5-6-16-37-24-13-8-20(18-25(24)36-2)17-21(19-28)26(33)31-22-9-11-23(12-10-22)38(34,35)32-27-29-14-7-15-30-27/h7-15,17-18H,3-6,16H2,1-2H3,(H,31,33)(H,29,30,32)/b21-17+. The normalized spacial score (nSPS) is 11.3. The summed E-state index contributed by atoms with van der Waals surface area (Å²) >= 11 is 0. The Morgan fingerprint density at radius 1 is 1.05 bits per heavy atom. The highest BCUT2D eigenvalue weighted by atomic mass is 32.2. The number of sulfonamides is 1. The van der Waals surface area contributed by atoms with Crippen LogP contribution in [0, 0.1) is 11.3 Å². The Hall–Kier alpha value is -4.43. The highest BCUT2D eigenvalue weighted by molar-refractivity contribution is 7.92. The minimum atomic E-state index is -3.91. The summed E-state index contributed by atoms with van der Waals surface area (Å²) in [5, 5.41) is 12.2. The molecule has 0 bridgehead atoms. The lowest BCUT2D eigenvalue weighted by Gasteiger charge is -2.11. The molecule has 11 heteroatoms. The third kappa shape index (κ3) is 8.04. The first-order valence-electron chi connectivity index (χ1n) is 12.0. The number of methoxy groups -OCH3 is 1. The van der Waals surface area contributed by atoms with Gasteiger partial charge in [0.15, 0.2) is 11.5 Å². The Kier molecular flexibility index (Phi) is 10.2. The number of carbonyl (C=O) groups is 1. The maximum absolute atomic E-state index is 12.7. The fourth-order valence-corrected chi connectivity index (χ4v) is 4.32. The molecule has 1 amide bonds. The lowest BCUT2D eigenvalue weighted by atomic mass is 10.1. The third-order valence-corrected chi connectivity index (χ3v) is 6.68. The van der Waals surface area contributed by atoms with Gasteiger partial charge in [-0.3, -0.25) is 4.79 Å². The van der Waals surface area contributed by atoms with Crippen molar-refractivity contribution in [1.29, 1.82) is 5.26 Å². The van der Waals surface area contributed by atoms with Crippen molar-refractivity contribution >= 4 is 33.6 Å². The minimum Gasteiger partial charge on any atom is -0.493 e. The minimum absolute atomic E-state index is 0.0428. The predicted molar refractivity (Wildman–Crippen MR) is 144 cm³/mol. The number of rotatable bonds is 13. The highest BCUT2D eigenvalue weighted by Crippen LogP contribution is 2.29. The largest absolute Gasteiger partial charge is 0.493 e. The van der Waals surface area contributed by atoms with Crippen LogP contribution in [-0.2, 0) is 14.8 Å². The zero-order chi connectivity index (χ0) is 27.4. The molecule has 1 heterocycles. The Bertz CT molecular complexity index is 1400. The molecule has 0 radical (unpaired) electrons. The van der Waals surface area contributed by atoms with E-state index in [4.69, 9.17) is 9.47 Å². The third-order valence-electron chi connectivity index (χ3n) is 5.33. The average molecular weight is 536 g/mol. The number of ether oxygens (including phenoxy) is 2. The molecule has 2 aromatic carbocycles. The van der Waals surface area contributed by atoms with Crippen molar-refractivity contribution < 1.29 is 22.7 Å². The quantitative estimate of drug-likeness (QED) is 0.181. The van der Waals surface area contributed by atoms with E-state index in [2.05, 4.69) is 26.9 Å². The number of aromatic nitrogens is 2. The van der Waals surface area contributed by atoms with Crippen LogP contribution in [0.5, 0.6) is 11.5 Å². The second kappa shape index (κ2) is 13.8. The molecule has 3 rings (SSSR count). The van der Waals surface area contributed by atoms with E-state index < -0.39 is 15.9 Å². The van der Waals surface area contributed by atoms with Gasteiger partial charge in [-0.15, -0.1) is 0 Å². The Balaban J connectivity index is 1.66. The van der Waals surface area contributed by atoms with Crippen LogP contribution >= 0.6 is 0 Å². The van der Waals surface area contributed by atoms with Gasteiger partial charge in [-0.1, -0.05) is 32.3 Å². The van der Waals surface area contributed by atoms with Gasteiger partial charge < -0.3 is 14.8 Å². The number of benzene rings is 2. The molecule has 0 aliphatic carbocycles. The van der Waals surface area contributed by atoms with E-state index in [0.29, 0.717) is 29.4 Å². The van der Waals surface area contributed by atoms with Crippen LogP contribution in [0.2, 0.25) is 0 Å². The van der Waals surface area contributed by atoms with Crippen molar-refractivity contribution in [3.63, 3.8) is 0 Å². The number of hydrogen-bond acceptors (Lipinski definition) is 8. The van der Waals surface area contributed by atoms with Crippen LogP contribution in [0.15, 0.2) is 71.4 Å². The maximum Gasteiger partial charge on any atom is 0.266 e. The number of amides is 1. The first-order valence-corrected chi connectivity index (χ1v) is 13.5. The number of nitrogens with one attached hydrogen (secondary N) is 2. The summed E-state index contributed by atoms with van der Waals surface area (Å²) in [6.45, 7) is 2.73. The van der Waals surface area contributed by atoms with E-state index >= 15 is 0 Å². The first-order chi connectivity index (χ1) is 18.4. The summed E-state index contributed by atoms with van der Waals surface area (Å²) in [5.41, 5.74) is 0.762. The van der Waals surface area contributed by atoms with Crippen molar-refractivity contribution in [2.45, 2.75) is 37.5 Å². The number of hydrogen-bond donors (Lipinski definition) is 2. The smallest absolute Gasteiger partial charge is 0.266 e.